The quantitative estimate of drug-likeness (QED) is 0.533. The van der Waals surface area contributed by atoms with E-state index in [-0.39, 0.29) is 6.61 Å². The first-order valence-corrected chi connectivity index (χ1v) is 10.9. The number of piperazine rings is 1. The van der Waals surface area contributed by atoms with Crippen LogP contribution >= 0.6 is 0 Å². The van der Waals surface area contributed by atoms with Crippen molar-refractivity contribution in [3.05, 3.63) is 29.8 Å². The van der Waals surface area contributed by atoms with Crippen LogP contribution in [0.2, 0.25) is 0 Å². The summed E-state index contributed by atoms with van der Waals surface area (Å²) in [5.74, 6) is -2.61. The average Bonchev–Trinajstić information content (AvgIpc) is 2.77. The van der Waals surface area contributed by atoms with Crippen LogP contribution in [0.1, 0.15) is 25.3 Å². The number of para-hydroxylation sites is 1. The van der Waals surface area contributed by atoms with Gasteiger partial charge >= 0.3 is 11.9 Å². The van der Waals surface area contributed by atoms with E-state index >= 15 is 0 Å². The molecule has 2 heterocycles. The van der Waals surface area contributed by atoms with Crippen molar-refractivity contribution < 1.29 is 29.6 Å². The third-order valence-corrected chi connectivity index (χ3v) is 5.75. The molecule has 3 N–H and O–H groups in total. The van der Waals surface area contributed by atoms with E-state index in [1.54, 1.807) is 0 Å². The number of hydrogen-bond acceptors (Lipinski definition) is 7. The van der Waals surface area contributed by atoms with Gasteiger partial charge < -0.3 is 20.1 Å². The number of aliphatic hydroxyl groups excluding tert-OH is 1. The van der Waals surface area contributed by atoms with E-state index in [0.717, 1.165) is 57.7 Å². The molecular weight excluding hydrogens is 402 g/mol. The van der Waals surface area contributed by atoms with Crippen LogP contribution in [0.25, 0.3) is 0 Å². The van der Waals surface area contributed by atoms with Crippen LogP contribution in [0.5, 0.6) is 5.75 Å². The topological polar surface area (TPSA) is 114 Å². The molecule has 1 aromatic carbocycles. The fourth-order valence-electron chi connectivity index (χ4n) is 4.11. The van der Waals surface area contributed by atoms with Gasteiger partial charge in [-0.15, -0.1) is 0 Å². The second kappa shape index (κ2) is 13.3. The summed E-state index contributed by atoms with van der Waals surface area (Å²) in [5.41, 5.74) is 1.31. The molecule has 2 saturated heterocycles. The van der Waals surface area contributed by atoms with E-state index in [1.807, 2.05) is 6.92 Å². The van der Waals surface area contributed by atoms with Gasteiger partial charge in [-0.05, 0) is 38.9 Å². The number of likely N-dealkylation sites (tertiary alicyclic amines) is 1. The number of carboxylic acid groups (broad SMARTS) is 2. The lowest BCUT2D eigenvalue weighted by Gasteiger charge is -2.42. The highest BCUT2D eigenvalue weighted by atomic mass is 16.5. The Labute approximate surface area is 183 Å². The molecule has 0 aromatic heterocycles. The molecule has 0 aliphatic carbocycles. The summed E-state index contributed by atoms with van der Waals surface area (Å²) >= 11 is 0. The number of β-amino-alcohol motifs (C(OH)–C–C–N with tert-alkyl or cyclic N) is 1. The summed E-state index contributed by atoms with van der Waals surface area (Å²) < 4.78 is 5.77. The van der Waals surface area contributed by atoms with Gasteiger partial charge in [-0.3, -0.25) is 14.7 Å². The number of aliphatic hydroxyl groups is 1. The van der Waals surface area contributed by atoms with E-state index < -0.39 is 11.9 Å². The molecule has 0 radical (unpaired) electrons. The molecule has 0 atom stereocenters. The van der Waals surface area contributed by atoms with E-state index in [9.17, 15) is 0 Å². The third-order valence-electron chi connectivity index (χ3n) is 5.75. The SMILES string of the molecule is CCOc1ccccc1CN1CCC(N2CCN(CCO)CC2)CC1.O=C(O)C(=O)O. The van der Waals surface area contributed by atoms with Crippen molar-refractivity contribution >= 4 is 11.9 Å². The second-order valence-electron chi connectivity index (χ2n) is 7.76. The molecule has 0 amide bonds. The first kappa shape index (κ1) is 25.1. The van der Waals surface area contributed by atoms with E-state index in [4.69, 9.17) is 29.6 Å². The Hall–Kier alpha value is -2.20. The number of carboxylic acids is 2. The minimum Gasteiger partial charge on any atom is -0.494 e. The highest BCUT2D eigenvalue weighted by molar-refractivity contribution is 6.27. The van der Waals surface area contributed by atoms with E-state index in [2.05, 4.69) is 39.0 Å². The van der Waals surface area contributed by atoms with Gasteiger partial charge in [0.2, 0.25) is 0 Å². The van der Waals surface area contributed by atoms with Crippen molar-refractivity contribution in [1.29, 1.82) is 0 Å². The predicted molar refractivity (Wildman–Crippen MR) is 116 cm³/mol. The fraction of sp³-hybridized carbons (Fsp3) is 0.636. The minimum atomic E-state index is -1.82. The lowest BCUT2D eigenvalue weighted by atomic mass is 10.0. The van der Waals surface area contributed by atoms with Crippen LogP contribution < -0.4 is 4.74 Å². The number of rotatable bonds is 7. The van der Waals surface area contributed by atoms with Crippen LogP contribution in [0.15, 0.2) is 24.3 Å². The molecule has 0 bridgehead atoms. The third kappa shape index (κ3) is 8.45. The lowest BCUT2D eigenvalue weighted by molar-refractivity contribution is -0.159. The maximum atomic E-state index is 9.10. The highest BCUT2D eigenvalue weighted by Gasteiger charge is 2.27. The number of piperidine rings is 1. The largest absolute Gasteiger partial charge is 0.494 e. The van der Waals surface area contributed by atoms with Crippen molar-refractivity contribution in [2.45, 2.75) is 32.4 Å². The molecule has 1 aromatic rings. The molecule has 2 aliphatic rings. The zero-order valence-corrected chi connectivity index (χ0v) is 18.3. The van der Waals surface area contributed by atoms with Crippen LogP contribution in [-0.2, 0) is 16.1 Å². The van der Waals surface area contributed by atoms with Gasteiger partial charge in [0.05, 0.1) is 13.2 Å². The molecule has 9 heteroatoms. The van der Waals surface area contributed by atoms with Crippen LogP contribution in [0.3, 0.4) is 0 Å². The summed E-state index contributed by atoms with van der Waals surface area (Å²) in [5, 5.41) is 23.8. The number of nitrogens with zero attached hydrogens (tertiary/aromatic N) is 3. The Morgan fingerprint density at radius 2 is 1.58 bits per heavy atom. The van der Waals surface area contributed by atoms with Gasteiger partial charge in [0.25, 0.3) is 0 Å². The lowest BCUT2D eigenvalue weighted by Crippen LogP contribution is -2.53. The predicted octanol–water partition coefficient (Wildman–Crippen LogP) is 0.815. The highest BCUT2D eigenvalue weighted by Crippen LogP contribution is 2.24. The number of ether oxygens (including phenoxy) is 1. The Balaban J connectivity index is 0.000000501. The maximum absolute atomic E-state index is 9.10. The van der Waals surface area contributed by atoms with Gasteiger partial charge in [-0.2, -0.15) is 0 Å². The molecule has 31 heavy (non-hydrogen) atoms. The van der Waals surface area contributed by atoms with Gasteiger partial charge in [0.1, 0.15) is 5.75 Å². The summed E-state index contributed by atoms with van der Waals surface area (Å²) in [7, 11) is 0. The number of aliphatic carboxylic acids is 2. The van der Waals surface area contributed by atoms with Crippen molar-refractivity contribution in [1.82, 2.24) is 14.7 Å². The Morgan fingerprint density at radius 1 is 0.968 bits per heavy atom. The summed E-state index contributed by atoms with van der Waals surface area (Å²) in [6.45, 7) is 11.7. The summed E-state index contributed by atoms with van der Waals surface area (Å²) in [6.07, 6.45) is 2.52. The Bertz CT molecular complexity index is 674. The average molecular weight is 438 g/mol. The molecule has 0 spiro atoms. The Kier molecular flexibility index (Phi) is 10.7. The molecule has 0 unspecified atom stereocenters. The van der Waals surface area contributed by atoms with Crippen LogP contribution in [0.4, 0.5) is 0 Å². The molecule has 174 valence electrons. The number of benzene rings is 1. The zero-order chi connectivity index (χ0) is 22.6. The fourth-order valence-corrected chi connectivity index (χ4v) is 4.11. The van der Waals surface area contributed by atoms with Crippen LogP contribution in [0, 0.1) is 0 Å². The van der Waals surface area contributed by atoms with Crippen LogP contribution in [-0.4, -0.2) is 107 Å². The molecule has 2 fully saturated rings. The van der Waals surface area contributed by atoms with E-state index in [0.29, 0.717) is 0 Å². The molecule has 3 rings (SSSR count). The summed E-state index contributed by atoms with van der Waals surface area (Å²) in [4.78, 5) is 25.8. The molecule has 2 aliphatic heterocycles. The number of hydrogen-bond donors (Lipinski definition) is 3. The number of carbonyl (C=O) groups is 2. The van der Waals surface area contributed by atoms with Crippen molar-refractivity contribution in [2.75, 3.05) is 59.0 Å². The smallest absolute Gasteiger partial charge is 0.414 e. The van der Waals surface area contributed by atoms with Crippen molar-refractivity contribution in [3.8, 4) is 5.75 Å². The Morgan fingerprint density at radius 3 is 2.13 bits per heavy atom. The van der Waals surface area contributed by atoms with Gasteiger partial charge in [-0.25, -0.2) is 9.59 Å². The van der Waals surface area contributed by atoms with E-state index in [1.165, 1.54) is 31.5 Å². The van der Waals surface area contributed by atoms with Gasteiger partial charge in [-0.1, -0.05) is 18.2 Å². The summed E-state index contributed by atoms with van der Waals surface area (Å²) in [6, 6.07) is 9.16. The first-order valence-electron chi connectivity index (χ1n) is 10.9. The standard InChI is InChI=1S/C20H33N3O2.C2H2O4/c1-2-25-20-6-4-3-5-18(20)17-22-9-7-19(8-10-22)23-13-11-21(12-14-23)15-16-24;3-1(4)2(5)6/h3-6,19,24H,2,7-17H2,1H3;(H,3,4)(H,5,6). The molecule has 0 saturated carbocycles. The van der Waals surface area contributed by atoms with Gasteiger partial charge in [0, 0.05) is 50.9 Å². The second-order valence-corrected chi connectivity index (χ2v) is 7.76. The normalized spacial score (nSPS) is 18.8. The molecule has 9 nitrogen and oxygen atoms in total. The zero-order valence-electron chi connectivity index (χ0n) is 18.3. The van der Waals surface area contributed by atoms with Crippen molar-refractivity contribution in [2.24, 2.45) is 0 Å². The minimum absolute atomic E-state index is 0.279. The monoisotopic (exact) mass is 437 g/mol. The molecular formula is C22H35N3O6. The van der Waals surface area contributed by atoms with Crippen molar-refractivity contribution in [3.63, 3.8) is 0 Å². The maximum Gasteiger partial charge on any atom is 0.414 e. The first-order chi connectivity index (χ1) is 14.9. The van der Waals surface area contributed by atoms with Gasteiger partial charge in [0.15, 0.2) is 0 Å².